The topological polar surface area (TPSA) is 102 Å². The SMILES string of the molecule is COCCCOc1ccc(Cl)cc1S(=O)(=O)N[C@H](C)C(=O)O. The average molecular weight is 352 g/mol. The molecule has 0 heterocycles. The molecule has 22 heavy (non-hydrogen) atoms. The van der Waals surface area contributed by atoms with E-state index < -0.39 is 22.0 Å². The number of benzene rings is 1. The Morgan fingerprint density at radius 2 is 2.09 bits per heavy atom. The summed E-state index contributed by atoms with van der Waals surface area (Å²) in [5.41, 5.74) is 0. The molecule has 124 valence electrons. The lowest BCUT2D eigenvalue weighted by atomic mass is 10.3. The van der Waals surface area contributed by atoms with Crippen LogP contribution in [0.3, 0.4) is 0 Å². The first-order valence-electron chi connectivity index (χ1n) is 6.44. The fraction of sp³-hybridized carbons (Fsp3) is 0.462. The third kappa shape index (κ3) is 5.45. The standard InChI is InChI=1S/C13H18ClNO6S/c1-9(13(16)17)15-22(18,19)12-8-10(14)4-5-11(12)21-7-3-6-20-2/h4-5,8-9,15H,3,6-7H2,1-2H3,(H,16,17)/t9-/m1/s1. The maximum atomic E-state index is 12.3. The second-order valence-electron chi connectivity index (χ2n) is 4.47. The quantitative estimate of drug-likeness (QED) is 0.654. The van der Waals surface area contributed by atoms with Gasteiger partial charge in [-0.1, -0.05) is 11.6 Å². The number of sulfonamides is 1. The lowest BCUT2D eigenvalue weighted by molar-refractivity contribution is -0.138. The van der Waals surface area contributed by atoms with E-state index in [0.717, 1.165) is 0 Å². The highest BCUT2D eigenvalue weighted by molar-refractivity contribution is 7.89. The van der Waals surface area contributed by atoms with E-state index in [1.165, 1.54) is 25.1 Å². The van der Waals surface area contributed by atoms with E-state index in [4.69, 9.17) is 26.2 Å². The van der Waals surface area contributed by atoms with Crippen LogP contribution in [0.1, 0.15) is 13.3 Å². The molecule has 0 saturated carbocycles. The summed E-state index contributed by atoms with van der Waals surface area (Å²) in [6, 6.07) is 2.86. The Balaban J connectivity index is 3.00. The number of nitrogens with one attached hydrogen (secondary N) is 1. The van der Waals surface area contributed by atoms with Gasteiger partial charge in [-0.2, -0.15) is 4.72 Å². The Kier molecular flexibility index (Phi) is 7.08. The van der Waals surface area contributed by atoms with Crippen LogP contribution in [-0.4, -0.2) is 45.9 Å². The predicted molar refractivity (Wildman–Crippen MR) is 80.9 cm³/mol. The molecule has 0 amide bonds. The van der Waals surface area contributed by atoms with Crippen LogP contribution >= 0.6 is 11.6 Å². The number of rotatable bonds is 9. The number of carboxylic acids is 1. The van der Waals surface area contributed by atoms with Crippen LogP contribution in [0.15, 0.2) is 23.1 Å². The maximum absolute atomic E-state index is 12.3. The van der Waals surface area contributed by atoms with Crippen LogP contribution in [-0.2, 0) is 19.6 Å². The first-order valence-corrected chi connectivity index (χ1v) is 8.30. The number of hydrogen-bond donors (Lipinski definition) is 2. The zero-order valence-corrected chi connectivity index (χ0v) is 13.8. The van der Waals surface area contributed by atoms with Crippen molar-refractivity contribution in [3.8, 4) is 5.75 Å². The molecule has 1 rings (SSSR count). The molecular formula is C13H18ClNO6S. The largest absolute Gasteiger partial charge is 0.492 e. The van der Waals surface area contributed by atoms with Gasteiger partial charge >= 0.3 is 5.97 Å². The van der Waals surface area contributed by atoms with Crippen LogP contribution in [0.5, 0.6) is 5.75 Å². The van der Waals surface area contributed by atoms with E-state index in [1.54, 1.807) is 7.11 Å². The molecule has 0 aliphatic rings. The number of carboxylic acid groups (broad SMARTS) is 1. The molecule has 0 spiro atoms. The number of aliphatic carboxylic acids is 1. The molecule has 9 heteroatoms. The second-order valence-corrected chi connectivity index (χ2v) is 6.59. The third-order valence-electron chi connectivity index (χ3n) is 2.65. The Morgan fingerprint density at radius 1 is 1.41 bits per heavy atom. The molecule has 0 aliphatic carbocycles. The van der Waals surface area contributed by atoms with Crippen molar-refractivity contribution in [1.82, 2.24) is 4.72 Å². The molecule has 0 aliphatic heterocycles. The summed E-state index contributed by atoms with van der Waals surface area (Å²) in [5.74, 6) is -1.18. The first-order chi connectivity index (χ1) is 10.3. The van der Waals surface area contributed by atoms with Gasteiger partial charge in [-0.05, 0) is 25.1 Å². The van der Waals surface area contributed by atoms with Crippen LogP contribution in [0, 0.1) is 0 Å². The molecule has 0 unspecified atom stereocenters. The van der Waals surface area contributed by atoms with Crippen LogP contribution in [0.2, 0.25) is 5.02 Å². The van der Waals surface area contributed by atoms with Gasteiger partial charge in [0, 0.05) is 25.2 Å². The molecule has 0 saturated heterocycles. The Morgan fingerprint density at radius 3 is 2.68 bits per heavy atom. The van der Waals surface area contributed by atoms with Crippen molar-refractivity contribution in [2.45, 2.75) is 24.3 Å². The van der Waals surface area contributed by atoms with Crippen molar-refractivity contribution in [2.24, 2.45) is 0 Å². The van der Waals surface area contributed by atoms with Crippen LogP contribution in [0.4, 0.5) is 0 Å². The monoisotopic (exact) mass is 351 g/mol. The molecule has 7 nitrogen and oxygen atoms in total. The van der Waals surface area contributed by atoms with Crippen molar-refractivity contribution in [3.63, 3.8) is 0 Å². The highest BCUT2D eigenvalue weighted by Crippen LogP contribution is 2.27. The number of hydrogen-bond acceptors (Lipinski definition) is 5. The van der Waals surface area contributed by atoms with E-state index >= 15 is 0 Å². The van der Waals surface area contributed by atoms with E-state index in [1.807, 2.05) is 0 Å². The minimum atomic E-state index is -4.07. The van der Waals surface area contributed by atoms with E-state index in [2.05, 4.69) is 4.72 Å². The summed E-state index contributed by atoms with van der Waals surface area (Å²) in [6.45, 7) is 1.96. The van der Waals surface area contributed by atoms with Gasteiger partial charge in [-0.15, -0.1) is 0 Å². The van der Waals surface area contributed by atoms with Crippen LogP contribution < -0.4 is 9.46 Å². The predicted octanol–water partition coefficient (Wildman–Crippen LogP) is 1.51. The smallest absolute Gasteiger partial charge is 0.321 e. The third-order valence-corrected chi connectivity index (χ3v) is 4.45. The number of carbonyl (C=O) groups is 1. The van der Waals surface area contributed by atoms with Crippen molar-refractivity contribution in [1.29, 1.82) is 0 Å². The number of ether oxygens (including phenoxy) is 2. The highest BCUT2D eigenvalue weighted by Gasteiger charge is 2.25. The minimum absolute atomic E-state index is 0.102. The Bertz CT molecular complexity index is 619. The van der Waals surface area contributed by atoms with Gasteiger partial charge < -0.3 is 14.6 Å². The molecular weight excluding hydrogens is 334 g/mol. The summed E-state index contributed by atoms with van der Waals surface area (Å²) in [5, 5.41) is 9.02. The lowest BCUT2D eigenvalue weighted by Gasteiger charge is -2.14. The van der Waals surface area contributed by atoms with Crippen molar-refractivity contribution < 1.29 is 27.8 Å². The zero-order chi connectivity index (χ0) is 16.8. The molecule has 1 atom stereocenters. The lowest BCUT2D eigenvalue weighted by Crippen LogP contribution is -2.38. The number of methoxy groups -OCH3 is 1. The van der Waals surface area contributed by atoms with Crippen molar-refractivity contribution in [2.75, 3.05) is 20.3 Å². The van der Waals surface area contributed by atoms with Crippen molar-refractivity contribution in [3.05, 3.63) is 23.2 Å². The molecule has 2 N–H and O–H groups in total. The van der Waals surface area contributed by atoms with Crippen molar-refractivity contribution >= 4 is 27.6 Å². The van der Waals surface area contributed by atoms with Gasteiger partial charge in [0.25, 0.3) is 0 Å². The Hall–Kier alpha value is -1.35. The fourth-order valence-corrected chi connectivity index (χ4v) is 3.15. The van der Waals surface area contributed by atoms with Gasteiger partial charge in [-0.3, -0.25) is 4.79 Å². The first kappa shape index (κ1) is 18.7. The second kappa shape index (κ2) is 8.33. The maximum Gasteiger partial charge on any atom is 0.321 e. The summed E-state index contributed by atoms with van der Waals surface area (Å²) in [6.07, 6.45) is 0.581. The van der Waals surface area contributed by atoms with E-state index in [-0.39, 0.29) is 22.3 Å². The van der Waals surface area contributed by atoms with E-state index in [0.29, 0.717) is 13.0 Å². The Labute approximate surface area is 134 Å². The number of halogens is 1. The molecule has 0 fully saturated rings. The van der Waals surface area contributed by atoms with Gasteiger partial charge in [0.1, 0.15) is 16.7 Å². The molecule has 1 aromatic rings. The molecule has 0 aromatic heterocycles. The highest BCUT2D eigenvalue weighted by atomic mass is 35.5. The van der Waals surface area contributed by atoms with Crippen LogP contribution in [0.25, 0.3) is 0 Å². The van der Waals surface area contributed by atoms with E-state index in [9.17, 15) is 13.2 Å². The minimum Gasteiger partial charge on any atom is -0.492 e. The summed E-state index contributed by atoms with van der Waals surface area (Å²) >= 11 is 5.82. The summed E-state index contributed by atoms with van der Waals surface area (Å²) < 4.78 is 36.9. The van der Waals surface area contributed by atoms with Gasteiger partial charge in [0.2, 0.25) is 10.0 Å². The molecule has 1 aromatic carbocycles. The summed E-state index contributed by atoms with van der Waals surface area (Å²) in [4.78, 5) is 10.6. The average Bonchev–Trinajstić information content (AvgIpc) is 2.44. The zero-order valence-electron chi connectivity index (χ0n) is 12.2. The summed E-state index contributed by atoms with van der Waals surface area (Å²) in [7, 11) is -2.52. The van der Waals surface area contributed by atoms with Gasteiger partial charge in [0.05, 0.1) is 6.61 Å². The molecule has 0 radical (unpaired) electrons. The van der Waals surface area contributed by atoms with Gasteiger partial charge in [0.15, 0.2) is 0 Å². The fourth-order valence-electron chi connectivity index (χ4n) is 1.54. The normalized spacial score (nSPS) is 12.9. The molecule has 0 bridgehead atoms. The van der Waals surface area contributed by atoms with Gasteiger partial charge in [-0.25, -0.2) is 8.42 Å².